The zero-order chi connectivity index (χ0) is 33.2. The number of hydrogen-bond acceptors (Lipinski definition) is 12. The van der Waals surface area contributed by atoms with Crippen LogP contribution in [0.3, 0.4) is 0 Å². The normalized spacial score (nSPS) is 17.9. The van der Waals surface area contributed by atoms with E-state index in [-0.39, 0.29) is 0 Å². The van der Waals surface area contributed by atoms with Gasteiger partial charge in [-0.2, -0.15) is 4.98 Å². The fourth-order valence-electron chi connectivity index (χ4n) is 6.92. The Balaban J connectivity index is 1.10. The summed E-state index contributed by atoms with van der Waals surface area (Å²) in [5.41, 5.74) is 8.00. The van der Waals surface area contributed by atoms with Crippen molar-refractivity contribution in [3.05, 3.63) is 54.0 Å². The van der Waals surface area contributed by atoms with E-state index < -0.39 is 0 Å². The molecule has 0 spiro atoms. The van der Waals surface area contributed by atoms with E-state index in [0.717, 1.165) is 64.7 Å². The molecule has 1 saturated carbocycles. The minimum atomic E-state index is 0.510. The Morgan fingerprint density at radius 2 is 1.71 bits per heavy atom. The van der Waals surface area contributed by atoms with E-state index in [1.54, 1.807) is 19.5 Å². The van der Waals surface area contributed by atoms with Crippen LogP contribution in [-0.4, -0.2) is 102 Å². The van der Waals surface area contributed by atoms with Gasteiger partial charge in [-0.25, -0.2) is 4.98 Å². The zero-order valence-electron chi connectivity index (χ0n) is 28.9. The van der Waals surface area contributed by atoms with Gasteiger partial charge < -0.3 is 29.5 Å². The van der Waals surface area contributed by atoms with Gasteiger partial charge in [0, 0.05) is 93.5 Å². The predicted octanol–water partition coefficient (Wildman–Crippen LogP) is 6.25. The van der Waals surface area contributed by atoms with Crippen LogP contribution >= 0.6 is 11.9 Å². The molecule has 3 fully saturated rings. The Kier molecular flexibility index (Phi) is 9.74. The van der Waals surface area contributed by atoms with Crippen LogP contribution in [-0.2, 0) is 6.42 Å². The maximum absolute atomic E-state index is 5.93. The molecule has 2 aliphatic heterocycles. The number of anilines is 6. The van der Waals surface area contributed by atoms with Crippen molar-refractivity contribution < 1.29 is 4.74 Å². The van der Waals surface area contributed by atoms with E-state index in [2.05, 4.69) is 80.8 Å². The molecule has 0 unspecified atom stereocenters. The van der Waals surface area contributed by atoms with Crippen LogP contribution in [0.25, 0.3) is 11.0 Å². The second kappa shape index (κ2) is 14.3. The molecule has 3 aliphatic rings. The predicted molar refractivity (Wildman–Crippen MR) is 199 cm³/mol. The first-order chi connectivity index (χ1) is 23.4. The molecule has 0 atom stereocenters. The smallest absolute Gasteiger partial charge is 0.229 e. The highest BCUT2D eigenvalue weighted by atomic mass is 32.2. The number of likely N-dealkylation sites (N-methyl/N-ethyl adjacent to an activating group) is 1. The Labute approximate surface area is 288 Å². The van der Waals surface area contributed by atoms with Crippen molar-refractivity contribution in [1.29, 1.82) is 0 Å². The van der Waals surface area contributed by atoms with Gasteiger partial charge in [-0.3, -0.25) is 14.9 Å². The molecule has 0 radical (unpaired) electrons. The molecule has 4 heterocycles. The molecule has 0 amide bonds. The molecule has 4 aromatic rings. The molecule has 11 nitrogen and oxygen atoms in total. The van der Waals surface area contributed by atoms with Crippen LogP contribution in [0.1, 0.15) is 43.7 Å². The second-order valence-corrected chi connectivity index (χ2v) is 14.7. The van der Waals surface area contributed by atoms with Gasteiger partial charge in [0.05, 0.1) is 29.7 Å². The van der Waals surface area contributed by atoms with Crippen molar-refractivity contribution in [2.45, 2.75) is 57.2 Å². The molecule has 2 N–H and O–H groups in total. The van der Waals surface area contributed by atoms with E-state index in [1.807, 2.05) is 24.2 Å². The van der Waals surface area contributed by atoms with Crippen molar-refractivity contribution >= 4 is 57.5 Å². The molecule has 254 valence electrons. The Morgan fingerprint density at radius 1 is 0.938 bits per heavy atom. The number of piperidine rings is 1. The minimum absolute atomic E-state index is 0.510. The van der Waals surface area contributed by atoms with Crippen molar-refractivity contribution in [2.24, 2.45) is 0 Å². The van der Waals surface area contributed by atoms with Crippen LogP contribution in [0, 0.1) is 6.92 Å². The van der Waals surface area contributed by atoms with Crippen molar-refractivity contribution in [1.82, 2.24) is 29.7 Å². The molecule has 12 heteroatoms. The van der Waals surface area contributed by atoms with Gasteiger partial charge in [0.2, 0.25) is 5.95 Å². The standard InChI is InChI=1S/C36H48N10OS/c1-6-25-23-39-36(42-35(25)40-29-10-9-28-33(38-14-13-37-28)34(29)44(4)48-27-7-8-27)41-30-21-24(2)31(22-32(30)47-5)46-15-11-26(12-16-46)45-19-17-43(3)18-20-45/h9-10,13-14,21-23,26-27H,6-8,11-12,15-20H2,1-5H3,(H2,39,40,41,42). The number of aryl methyl sites for hydroxylation is 2. The lowest BCUT2D eigenvalue weighted by atomic mass is 10.0. The summed E-state index contributed by atoms with van der Waals surface area (Å²) < 4.78 is 8.16. The highest BCUT2D eigenvalue weighted by Gasteiger charge is 2.29. The number of nitrogens with zero attached hydrogens (tertiary/aromatic N) is 8. The summed E-state index contributed by atoms with van der Waals surface area (Å²) in [6.45, 7) is 11.1. The van der Waals surface area contributed by atoms with Gasteiger partial charge in [0.25, 0.3) is 0 Å². The van der Waals surface area contributed by atoms with Gasteiger partial charge in [0.1, 0.15) is 17.1 Å². The SMILES string of the molecule is CCc1cnc(Nc2cc(C)c(N3CCC(N4CCN(C)CC4)CC3)cc2OC)nc1Nc1ccc2nccnc2c1N(C)SC1CC1. The van der Waals surface area contributed by atoms with E-state index in [9.17, 15) is 0 Å². The lowest BCUT2D eigenvalue weighted by molar-refractivity contribution is 0.0982. The largest absolute Gasteiger partial charge is 0.494 e. The molecule has 0 bridgehead atoms. The summed E-state index contributed by atoms with van der Waals surface area (Å²) in [5.74, 6) is 2.06. The number of methoxy groups -OCH3 is 1. The molecule has 7 rings (SSSR count). The molecule has 1 aliphatic carbocycles. The number of ether oxygens (including phenoxy) is 1. The van der Waals surface area contributed by atoms with Crippen LogP contribution in [0.2, 0.25) is 0 Å². The van der Waals surface area contributed by atoms with Gasteiger partial charge in [0.15, 0.2) is 0 Å². The van der Waals surface area contributed by atoms with Crippen molar-refractivity contribution in [2.75, 3.05) is 80.3 Å². The molecular formula is C36H48N10OS. The minimum Gasteiger partial charge on any atom is -0.494 e. The number of nitrogens with one attached hydrogen (secondary N) is 2. The second-order valence-electron chi connectivity index (χ2n) is 13.3. The van der Waals surface area contributed by atoms with Crippen LogP contribution in [0.15, 0.2) is 42.9 Å². The maximum Gasteiger partial charge on any atom is 0.229 e. The van der Waals surface area contributed by atoms with Crippen molar-refractivity contribution in [3.8, 4) is 5.75 Å². The van der Waals surface area contributed by atoms with Gasteiger partial charge in [-0.1, -0.05) is 6.92 Å². The maximum atomic E-state index is 5.93. The molecule has 2 aromatic heterocycles. The van der Waals surface area contributed by atoms with E-state index in [1.165, 1.54) is 63.1 Å². The molecule has 2 saturated heterocycles. The zero-order valence-corrected chi connectivity index (χ0v) is 29.7. The number of fused-ring (bicyclic) bond motifs is 1. The van der Waals surface area contributed by atoms with Gasteiger partial charge in [-0.15, -0.1) is 0 Å². The van der Waals surface area contributed by atoms with E-state index >= 15 is 0 Å². The topological polar surface area (TPSA) is 97.8 Å². The Hall–Kier alpha value is -3.87. The van der Waals surface area contributed by atoms with Gasteiger partial charge >= 0.3 is 0 Å². The van der Waals surface area contributed by atoms with E-state index in [4.69, 9.17) is 19.7 Å². The molecule has 2 aromatic carbocycles. The number of benzene rings is 2. The summed E-state index contributed by atoms with van der Waals surface area (Å²) in [7, 11) is 6.07. The monoisotopic (exact) mass is 668 g/mol. The fourth-order valence-corrected chi connectivity index (χ4v) is 8.00. The van der Waals surface area contributed by atoms with E-state index in [0.29, 0.717) is 17.2 Å². The van der Waals surface area contributed by atoms with Crippen molar-refractivity contribution in [3.63, 3.8) is 0 Å². The quantitative estimate of drug-likeness (QED) is 0.177. The summed E-state index contributed by atoms with van der Waals surface area (Å²) in [4.78, 5) is 26.6. The first-order valence-corrected chi connectivity index (χ1v) is 18.1. The number of hydrogen-bond donors (Lipinski definition) is 2. The third-order valence-corrected chi connectivity index (χ3v) is 11.2. The summed E-state index contributed by atoms with van der Waals surface area (Å²) >= 11 is 1.86. The number of rotatable bonds is 11. The molecular weight excluding hydrogens is 621 g/mol. The highest BCUT2D eigenvalue weighted by molar-refractivity contribution is 8.01. The Morgan fingerprint density at radius 3 is 2.44 bits per heavy atom. The van der Waals surface area contributed by atoms with Gasteiger partial charge in [-0.05, 0) is 81.8 Å². The third kappa shape index (κ3) is 7.11. The summed E-state index contributed by atoms with van der Waals surface area (Å²) in [5, 5.41) is 7.77. The van der Waals surface area contributed by atoms with Crippen LogP contribution in [0.5, 0.6) is 5.75 Å². The average molecular weight is 669 g/mol. The number of piperazine rings is 1. The number of aromatic nitrogens is 4. The third-order valence-electron chi connectivity index (χ3n) is 9.88. The first-order valence-electron chi connectivity index (χ1n) is 17.3. The molecule has 48 heavy (non-hydrogen) atoms. The summed E-state index contributed by atoms with van der Waals surface area (Å²) in [6, 6.07) is 9.10. The Bertz CT molecular complexity index is 1730. The highest BCUT2D eigenvalue weighted by Crippen LogP contribution is 2.43. The lowest BCUT2D eigenvalue weighted by Crippen LogP contribution is -2.52. The summed E-state index contributed by atoms with van der Waals surface area (Å²) in [6.07, 6.45) is 11.1. The average Bonchev–Trinajstić information content (AvgIpc) is 3.93. The van der Waals surface area contributed by atoms with Crippen LogP contribution in [0.4, 0.5) is 34.5 Å². The lowest BCUT2D eigenvalue weighted by Gasteiger charge is -2.43. The first kappa shape index (κ1) is 32.7. The van der Waals surface area contributed by atoms with Crippen LogP contribution < -0.4 is 24.6 Å². The fraction of sp³-hybridized carbons (Fsp3) is 0.500.